The Morgan fingerprint density at radius 1 is 1.07 bits per heavy atom. The van der Waals surface area contributed by atoms with E-state index in [1.165, 1.54) is 0 Å². The third-order valence-corrected chi connectivity index (χ3v) is 5.15. The molecule has 2 aromatic heterocycles. The number of likely N-dealkylation sites (tertiary alicyclic amines) is 1. The number of ether oxygens (including phenoxy) is 2. The van der Waals surface area contributed by atoms with Gasteiger partial charge in [0.15, 0.2) is 11.5 Å². The molecule has 0 aliphatic carbocycles. The molecule has 3 aromatic rings. The highest BCUT2D eigenvalue weighted by Gasteiger charge is 2.27. The summed E-state index contributed by atoms with van der Waals surface area (Å²) in [5, 5.41) is 0. The van der Waals surface area contributed by atoms with Crippen LogP contribution in [0, 0.1) is 0 Å². The molecule has 1 aliphatic heterocycles. The molecule has 1 saturated heterocycles. The summed E-state index contributed by atoms with van der Waals surface area (Å²) in [6, 6.07) is 7.59. The van der Waals surface area contributed by atoms with Crippen molar-refractivity contribution in [3.8, 4) is 17.4 Å². The van der Waals surface area contributed by atoms with Gasteiger partial charge in [0.25, 0.3) is 0 Å². The maximum absolute atomic E-state index is 6.11. The number of imidazole rings is 1. The number of hydrogen-bond donors (Lipinski definition) is 0. The Morgan fingerprint density at radius 3 is 2.68 bits per heavy atom. The van der Waals surface area contributed by atoms with Crippen molar-refractivity contribution in [1.82, 2.24) is 24.4 Å². The van der Waals surface area contributed by atoms with Crippen LogP contribution in [0.15, 0.2) is 49.1 Å². The molecule has 1 aliphatic rings. The van der Waals surface area contributed by atoms with Gasteiger partial charge in [-0.1, -0.05) is 12.1 Å². The Bertz CT molecular complexity index is 926. The van der Waals surface area contributed by atoms with E-state index in [-0.39, 0.29) is 5.92 Å². The standard InChI is InChI=1S/C21H25N5O2/c1-25-13-11-22-19(25)15-26-12-5-6-16(14-26)20-21(24-10-9-23-20)28-18-8-4-3-7-17(18)27-2/h3-4,7-11,13,16H,5-6,12,14-15H2,1-2H3. The Labute approximate surface area is 165 Å². The molecule has 1 unspecified atom stereocenters. The zero-order valence-corrected chi connectivity index (χ0v) is 16.3. The average molecular weight is 379 g/mol. The SMILES string of the molecule is COc1ccccc1Oc1nccnc1C1CCCN(Cc2nccn2C)C1. The van der Waals surface area contributed by atoms with Crippen LogP contribution in [-0.2, 0) is 13.6 Å². The topological polar surface area (TPSA) is 65.3 Å². The second-order valence-electron chi connectivity index (χ2n) is 7.03. The minimum absolute atomic E-state index is 0.271. The van der Waals surface area contributed by atoms with E-state index in [9.17, 15) is 0 Å². The van der Waals surface area contributed by atoms with Crippen LogP contribution in [0.4, 0.5) is 0 Å². The number of rotatable bonds is 6. The van der Waals surface area contributed by atoms with Crippen molar-refractivity contribution in [3.05, 3.63) is 60.6 Å². The van der Waals surface area contributed by atoms with Gasteiger partial charge in [-0.15, -0.1) is 0 Å². The molecule has 0 N–H and O–H groups in total. The van der Waals surface area contributed by atoms with Crippen molar-refractivity contribution in [2.75, 3.05) is 20.2 Å². The summed E-state index contributed by atoms with van der Waals surface area (Å²) >= 11 is 0. The van der Waals surface area contributed by atoms with Crippen molar-refractivity contribution in [2.24, 2.45) is 7.05 Å². The molecule has 1 atom stereocenters. The van der Waals surface area contributed by atoms with E-state index >= 15 is 0 Å². The van der Waals surface area contributed by atoms with E-state index in [0.29, 0.717) is 17.4 Å². The third kappa shape index (κ3) is 3.99. The zero-order valence-electron chi connectivity index (χ0n) is 16.3. The minimum atomic E-state index is 0.271. The van der Waals surface area contributed by atoms with Crippen molar-refractivity contribution in [3.63, 3.8) is 0 Å². The Morgan fingerprint density at radius 2 is 1.89 bits per heavy atom. The summed E-state index contributed by atoms with van der Waals surface area (Å²) in [6.07, 6.45) is 9.42. The molecule has 4 rings (SSSR count). The number of hydrogen-bond acceptors (Lipinski definition) is 6. The summed E-state index contributed by atoms with van der Waals surface area (Å²) in [5.74, 6) is 3.22. The van der Waals surface area contributed by atoms with Gasteiger partial charge in [-0.3, -0.25) is 9.88 Å². The van der Waals surface area contributed by atoms with Gasteiger partial charge in [0.1, 0.15) is 11.5 Å². The molecule has 1 aromatic carbocycles. The second-order valence-corrected chi connectivity index (χ2v) is 7.03. The normalized spacial score (nSPS) is 17.4. The van der Waals surface area contributed by atoms with Gasteiger partial charge in [-0.05, 0) is 31.5 Å². The number of aryl methyl sites for hydroxylation is 1. The van der Waals surface area contributed by atoms with Crippen LogP contribution < -0.4 is 9.47 Å². The van der Waals surface area contributed by atoms with E-state index < -0.39 is 0 Å². The van der Waals surface area contributed by atoms with Gasteiger partial charge >= 0.3 is 0 Å². The maximum Gasteiger partial charge on any atom is 0.241 e. The van der Waals surface area contributed by atoms with Gasteiger partial charge < -0.3 is 14.0 Å². The van der Waals surface area contributed by atoms with E-state index in [2.05, 4.69) is 24.4 Å². The summed E-state index contributed by atoms with van der Waals surface area (Å²) in [5.41, 5.74) is 0.901. The van der Waals surface area contributed by atoms with Gasteiger partial charge in [-0.2, -0.15) is 0 Å². The average Bonchev–Trinajstić information content (AvgIpc) is 3.13. The molecule has 0 bridgehead atoms. The molecule has 0 radical (unpaired) electrons. The zero-order chi connectivity index (χ0) is 19.3. The quantitative estimate of drug-likeness (QED) is 0.654. The van der Waals surface area contributed by atoms with E-state index in [0.717, 1.165) is 44.0 Å². The first kappa shape index (κ1) is 18.4. The number of nitrogens with zero attached hydrogens (tertiary/aromatic N) is 5. The van der Waals surface area contributed by atoms with Crippen molar-refractivity contribution in [2.45, 2.75) is 25.3 Å². The van der Waals surface area contributed by atoms with Gasteiger partial charge in [0, 0.05) is 44.3 Å². The molecule has 0 amide bonds. The lowest BCUT2D eigenvalue weighted by molar-refractivity contribution is 0.190. The Hall–Kier alpha value is -2.93. The fourth-order valence-corrected chi connectivity index (χ4v) is 3.67. The Kier molecular flexibility index (Phi) is 5.53. The lowest BCUT2D eigenvalue weighted by Crippen LogP contribution is -2.35. The first-order valence-corrected chi connectivity index (χ1v) is 9.55. The third-order valence-electron chi connectivity index (χ3n) is 5.15. The van der Waals surface area contributed by atoms with Crippen molar-refractivity contribution < 1.29 is 9.47 Å². The molecule has 1 fully saturated rings. The monoisotopic (exact) mass is 379 g/mol. The lowest BCUT2D eigenvalue weighted by Gasteiger charge is -2.32. The van der Waals surface area contributed by atoms with Crippen LogP contribution in [0.1, 0.15) is 30.3 Å². The van der Waals surface area contributed by atoms with Gasteiger partial charge in [0.05, 0.1) is 13.7 Å². The molecule has 0 spiro atoms. The number of methoxy groups -OCH3 is 1. The minimum Gasteiger partial charge on any atom is -0.493 e. The van der Waals surface area contributed by atoms with E-state index in [4.69, 9.17) is 9.47 Å². The highest BCUT2D eigenvalue weighted by atomic mass is 16.5. The molecule has 3 heterocycles. The molecule has 7 heteroatoms. The Balaban J connectivity index is 1.53. The number of aromatic nitrogens is 4. The van der Waals surface area contributed by atoms with Crippen LogP contribution >= 0.6 is 0 Å². The maximum atomic E-state index is 6.11. The number of piperidine rings is 1. The van der Waals surface area contributed by atoms with Crippen LogP contribution in [0.2, 0.25) is 0 Å². The van der Waals surface area contributed by atoms with Gasteiger partial charge in [-0.25, -0.2) is 9.97 Å². The fraction of sp³-hybridized carbons (Fsp3) is 0.381. The van der Waals surface area contributed by atoms with Crippen LogP contribution in [-0.4, -0.2) is 44.6 Å². The number of para-hydroxylation sites is 2. The van der Waals surface area contributed by atoms with Crippen LogP contribution in [0.5, 0.6) is 17.4 Å². The summed E-state index contributed by atoms with van der Waals surface area (Å²) in [6.45, 7) is 2.81. The largest absolute Gasteiger partial charge is 0.493 e. The molecule has 28 heavy (non-hydrogen) atoms. The van der Waals surface area contributed by atoms with Crippen LogP contribution in [0.3, 0.4) is 0 Å². The smallest absolute Gasteiger partial charge is 0.241 e. The molecule has 7 nitrogen and oxygen atoms in total. The number of benzene rings is 1. The first-order valence-electron chi connectivity index (χ1n) is 9.55. The summed E-state index contributed by atoms with van der Waals surface area (Å²) < 4.78 is 13.6. The second kappa shape index (κ2) is 8.39. The van der Waals surface area contributed by atoms with E-state index in [1.54, 1.807) is 19.5 Å². The fourth-order valence-electron chi connectivity index (χ4n) is 3.67. The van der Waals surface area contributed by atoms with Crippen molar-refractivity contribution in [1.29, 1.82) is 0 Å². The predicted molar refractivity (Wildman–Crippen MR) is 106 cm³/mol. The molecule has 0 saturated carbocycles. The highest BCUT2D eigenvalue weighted by molar-refractivity contribution is 5.42. The summed E-state index contributed by atoms with van der Waals surface area (Å²) in [4.78, 5) is 16.0. The first-order chi connectivity index (χ1) is 13.7. The van der Waals surface area contributed by atoms with Crippen molar-refractivity contribution >= 4 is 0 Å². The predicted octanol–water partition coefficient (Wildman–Crippen LogP) is 3.39. The summed E-state index contributed by atoms with van der Waals surface area (Å²) in [7, 11) is 3.67. The van der Waals surface area contributed by atoms with Gasteiger partial charge in [0.2, 0.25) is 5.88 Å². The molecule has 146 valence electrons. The lowest BCUT2D eigenvalue weighted by atomic mass is 9.94. The highest BCUT2D eigenvalue weighted by Crippen LogP contribution is 2.35. The van der Waals surface area contributed by atoms with E-state index in [1.807, 2.05) is 43.7 Å². The van der Waals surface area contributed by atoms with Crippen LogP contribution in [0.25, 0.3) is 0 Å². The molecular weight excluding hydrogens is 354 g/mol. The molecular formula is C21H25N5O2.